The number of benzene rings is 2. The fourth-order valence-electron chi connectivity index (χ4n) is 4.51. The Labute approximate surface area is 212 Å². The van der Waals surface area contributed by atoms with Gasteiger partial charge >= 0.3 is 0 Å². The number of nitrogens with one attached hydrogen (secondary N) is 2. The van der Waals surface area contributed by atoms with E-state index < -0.39 is 0 Å². The first-order valence-electron chi connectivity index (χ1n) is 12.6. The van der Waals surface area contributed by atoms with Crippen molar-refractivity contribution in [3.05, 3.63) is 89.2 Å². The van der Waals surface area contributed by atoms with Crippen molar-refractivity contribution < 1.29 is 14.3 Å². The molecule has 4 rings (SSSR count). The van der Waals surface area contributed by atoms with Crippen LogP contribution in [0.1, 0.15) is 63.9 Å². The number of methoxy groups -OCH3 is 1. The zero-order valence-electron chi connectivity index (χ0n) is 20.8. The number of carbonyl (C=O) groups excluding carboxylic acids is 2. The van der Waals surface area contributed by atoms with Crippen molar-refractivity contribution in [3.63, 3.8) is 0 Å². The monoisotopic (exact) mass is 486 g/mol. The van der Waals surface area contributed by atoms with Gasteiger partial charge in [-0.3, -0.25) is 14.6 Å². The van der Waals surface area contributed by atoms with Gasteiger partial charge in [-0.15, -0.1) is 0 Å². The molecular weight excluding hydrogens is 452 g/mol. The number of para-hydroxylation sites is 1. The van der Waals surface area contributed by atoms with Gasteiger partial charge in [0.1, 0.15) is 5.75 Å². The molecular formula is C29H34N4O3. The molecule has 2 aromatic carbocycles. The number of hydrogen-bond acceptors (Lipinski definition) is 5. The highest BCUT2D eigenvalue weighted by Crippen LogP contribution is 2.26. The molecule has 0 unspecified atom stereocenters. The first-order chi connectivity index (χ1) is 17.7. The van der Waals surface area contributed by atoms with Crippen molar-refractivity contribution in [2.75, 3.05) is 25.1 Å². The van der Waals surface area contributed by atoms with Crippen LogP contribution in [0.3, 0.4) is 0 Å². The first-order valence-corrected chi connectivity index (χ1v) is 12.6. The highest BCUT2D eigenvalue weighted by Gasteiger charge is 2.22. The zero-order valence-corrected chi connectivity index (χ0v) is 20.8. The van der Waals surface area contributed by atoms with Crippen molar-refractivity contribution in [2.24, 2.45) is 0 Å². The Morgan fingerprint density at radius 3 is 2.67 bits per heavy atom. The highest BCUT2D eigenvalue weighted by atomic mass is 16.5. The molecule has 36 heavy (non-hydrogen) atoms. The molecule has 188 valence electrons. The van der Waals surface area contributed by atoms with Gasteiger partial charge in [0.25, 0.3) is 11.8 Å². The minimum atomic E-state index is -0.167. The Hall–Kier alpha value is -3.71. The maximum Gasteiger partial charge on any atom is 0.259 e. The second-order valence-corrected chi connectivity index (χ2v) is 8.98. The normalized spacial score (nSPS) is 14.6. The summed E-state index contributed by atoms with van der Waals surface area (Å²) in [7, 11) is 1.62. The van der Waals surface area contributed by atoms with E-state index in [9.17, 15) is 9.59 Å². The summed E-state index contributed by atoms with van der Waals surface area (Å²) in [5, 5.41) is 6.50. The number of pyridine rings is 1. The van der Waals surface area contributed by atoms with Crippen molar-refractivity contribution in [1.29, 1.82) is 0 Å². The summed E-state index contributed by atoms with van der Waals surface area (Å²) in [5.74, 6) is 0.499. The van der Waals surface area contributed by atoms with Crippen LogP contribution >= 0.6 is 0 Å². The lowest BCUT2D eigenvalue weighted by Gasteiger charge is -2.26. The summed E-state index contributed by atoms with van der Waals surface area (Å²) in [5.41, 5.74) is 3.79. The molecule has 0 atom stereocenters. The van der Waals surface area contributed by atoms with E-state index in [1.165, 1.54) is 6.42 Å². The SMILES string of the molecule is COc1ccccc1CNC(=O)c1ccc2c(c1)CNCCCCCCCN2C(=O)c1cccnc1. The quantitative estimate of drug-likeness (QED) is 0.545. The lowest BCUT2D eigenvalue weighted by Crippen LogP contribution is -2.34. The molecule has 2 N–H and O–H groups in total. The molecule has 1 aliphatic heterocycles. The van der Waals surface area contributed by atoms with E-state index in [2.05, 4.69) is 15.6 Å². The van der Waals surface area contributed by atoms with Gasteiger partial charge in [-0.05, 0) is 61.3 Å². The molecule has 0 spiro atoms. The largest absolute Gasteiger partial charge is 0.496 e. The third kappa shape index (κ3) is 6.49. The number of nitrogens with zero attached hydrogens (tertiary/aromatic N) is 2. The first kappa shape index (κ1) is 25.4. The van der Waals surface area contributed by atoms with E-state index in [4.69, 9.17) is 4.74 Å². The predicted octanol–water partition coefficient (Wildman–Crippen LogP) is 4.72. The van der Waals surface area contributed by atoms with Gasteiger partial charge in [0, 0.05) is 48.8 Å². The van der Waals surface area contributed by atoms with Gasteiger partial charge in [0.05, 0.1) is 12.7 Å². The van der Waals surface area contributed by atoms with E-state index in [1.807, 2.05) is 41.3 Å². The molecule has 0 fully saturated rings. The molecule has 2 heterocycles. The molecule has 1 aromatic heterocycles. The summed E-state index contributed by atoms with van der Waals surface area (Å²) in [4.78, 5) is 32.5. The standard InChI is InChI=1S/C29H34N4O3/c1-36-27-12-6-5-10-23(27)21-32-28(34)22-13-14-26-25(18-22)20-30-15-7-3-2-4-8-17-33(26)29(35)24-11-9-16-31-19-24/h5-6,9-14,16,18-19,30H,2-4,7-8,15,17,20-21H2,1H3,(H,32,34). The average Bonchev–Trinajstić information content (AvgIpc) is 2.92. The molecule has 0 radical (unpaired) electrons. The van der Waals surface area contributed by atoms with Gasteiger partial charge in [-0.2, -0.15) is 0 Å². The summed E-state index contributed by atoms with van der Waals surface area (Å²) in [6.45, 7) is 2.48. The Balaban J connectivity index is 1.60. The van der Waals surface area contributed by atoms with Gasteiger partial charge in [0.2, 0.25) is 0 Å². The number of rotatable bonds is 5. The van der Waals surface area contributed by atoms with Crippen molar-refractivity contribution in [1.82, 2.24) is 15.6 Å². The molecule has 7 nitrogen and oxygen atoms in total. The van der Waals surface area contributed by atoms with Crippen LogP contribution in [0.25, 0.3) is 0 Å². The van der Waals surface area contributed by atoms with E-state index in [-0.39, 0.29) is 11.8 Å². The van der Waals surface area contributed by atoms with Gasteiger partial charge in [0.15, 0.2) is 0 Å². The van der Waals surface area contributed by atoms with Crippen molar-refractivity contribution in [3.8, 4) is 5.75 Å². The third-order valence-corrected chi connectivity index (χ3v) is 6.47. The summed E-state index contributed by atoms with van der Waals surface area (Å²) in [6.07, 6.45) is 8.73. The lowest BCUT2D eigenvalue weighted by atomic mass is 10.0. The van der Waals surface area contributed by atoms with Crippen LogP contribution in [-0.4, -0.2) is 37.0 Å². The Bertz CT molecular complexity index is 1170. The number of carbonyl (C=O) groups is 2. The number of aromatic nitrogens is 1. The third-order valence-electron chi connectivity index (χ3n) is 6.47. The molecule has 3 aromatic rings. The molecule has 2 amide bonds. The van der Waals surface area contributed by atoms with Crippen LogP contribution in [0.15, 0.2) is 67.0 Å². The fraction of sp³-hybridized carbons (Fsp3) is 0.345. The topological polar surface area (TPSA) is 83.6 Å². The smallest absolute Gasteiger partial charge is 0.259 e. The van der Waals surface area contributed by atoms with E-state index in [0.29, 0.717) is 30.8 Å². The Morgan fingerprint density at radius 1 is 1.00 bits per heavy atom. The minimum absolute atomic E-state index is 0.0743. The lowest BCUT2D eigenvalue weighted by molar-refractivity contribution is 0.0949. The van der Waals surface area contributed by atoms with Crippen LogP contribution in [0.4, 0.5) is 5.69 Å². The summed E-state index contributed by atoms with van der Waals surface area (Å²) >= 11 is 0. The molecule has 0 saturated carbocycles. The molecule has 0 saturated heterocycles. The second kappa shape index (κ2) is 12.8. The van der Waals surface area contributed by atoms with Crippen LogP contribution in [-0.2, 0) is 13.1 Å². The summed E-state index contributed by atoms with van der Waals surface area (Å²) in [6, 6.07) is 16.8. The number of hydrogen-bond donors (Lipinski definition) is 2. The Morgan fingerprint density at radius 2 is 1.83 bits per heavy atom. The summed E-state index contributed by atoms with van der Waals surface area (Å²) < 4.78 is 5.39. The number of amides is 2. The van der Waals surface area contributed by atoms with Gasteiger partial charge < -0.3 is 20.3 Å². The average molecular weight is 487 g/mol. The highest BCUT2D eigenvalue weighted by molar-refractivity contribution is 6.06. The van der Waals surface area contributed by atoms with Crippen LogP contribution in [0.2, 0.25) is 0 Å². The number of anilines is 1. The van der Waals surface area contributed by atoms with E-state index in [1.54, 1.807) is 37.7 Å². The van der Waals surface area contributed by atoms with Gasteiger partial charge in [-0.1, -0.05) is 37.5 Å². The molecule has 0 bridgehead atoms. The maximum atomic E-state index is 13.5. The van der Waals surface area contributed by atoms with E-state index in [0.717, 1.165) is 54.8 Å². The van der Waals surface area contributed by atoms with Crippen molar-refractivity contribution >= 4 is 17.5 Å². The minimum Gasteiger partial charge on any atom is -0.496 e. The van der Waals surface area contributed by atoms with Crippen LogP contribution < -0.4 is 20.3 Å². The van der Waals surface area contributed by atoms with Crippen LogP contribution in [0.5, 0.6) is 5.75 Å². The zero-order chi connectivity index (χ0) is 25.2. The van der Waals surface area contributed by atoms with Gasteiger partial charge in [-0.25, -0.2) is 0 Å². The number of ether oxygens (including phenoxy) is 1. The fourth-order valence-corrected chi connectivity index (χ4v) is 4.51. The molecule has 0 aliphatic carbocycles. The predicted molar refractivity (Wildman–Crippen MR) is 141 cm³/mol. The number of fused-ring (bicyclic) bond motifs is 1. The second-order valence-electron chi connectivity index (χ2n) is 8.98. The molecule has 7 heteroatoms. The van der Waals surface area contributed by atoms with E-state index >= 15 is 0 Å². The van der Waals surface area contributed by atoms with Crippen molar-refractivity contribution in [2.45, 2.75) is 45.2 Å². The van der Waals surface area contributed by atoms with Crippen LogP contribution in [0, 0.1) is 0 Å². The Kier molecular flexibility index (Phi) is 9.05. The molecule has 1 aliphatic rings. The maximum absolute atomic E-state index is 13.5.